The molecule has 0 bridgehead atoms. The first kappa shape index (κ1) is 31.3. The molecule has 42 heavy (non-hydrogen) atoms. The molecule has 226 valence electrons. The number of fused-ring (bicyclic) bond motifs is 1. The maximum absolute atomic E-state index is 13.9. The van der Waals surface area contributed by atoms with Gasteiger partial charge in [0.2, 0.25) is 5.60 Å². The van der Waals surface area contributed by atoms with Crippen LogP contribution in [0.3, 0.4) is 0 Å². The molecule has 3 heterocycles. The number of anilines is 1. The average Bonchev–Trinajstić information content (AvgIpc) is 3.51. The lowest BCUT2D eigenvalue weighted by Gasteiger charge is -2.26. The first-order chi connectivity index (χ1) is 19.8. The number of nitrogen functional groups attached to an aromatic ring is 1. The quantitative estimate of drug-likeness (QED) is 0.169. The highest BCUT2D eigenvalue weighted by Crippen LogP contribution is 2.47. The fraction of sp³-hybridized carbons (Fsp3) is 0.462. The van der Waals surface area contributed by atoms with E-state index in [1.54, 1.807) is 32.0 Å². The van der Waals surface area contributed by atoms with Crippen LogP contribution < -0.4 is 15.3 Å². The maximum Gasteiger partial charge on any atom is 0.459 e. The third kappa shape index (κ3) is 6.40. The maximum atomic E-state index is 13.9. The van der Waals surface area contributed by atoms with Crippen molar-refractivity contribution >= 4 is 25.1 Å². The number of aromatic nitrogens is 3. The van der Waals surface area contributed by atoms with Crippen molar-refractivity contribution in [2.75, 3.05) is 26.1 Å². The number of aliphatic hydroxyl groups is 2. The first-order valence-electron chi connectivity index (χ1n) is 12.9. The van der Waals surface area contributed by atoms with Gasteiger partial charge in [0, 0.05) is 7.11 Å². The van der Waals surface area contributed by atoms with Crippen molar-refractivity contribution in [2.45, 2.75) is 56.3 Å². The zero-order chi connectivity index (χ0) is 30.7. The summed E-state index contributed by atoms with van der Waals surface area (Å²) in [5, 5.41) is 38.6. The molecule has 1 aliphatic heterocycles. The van der Waals surface area contributed by atoms with Crippen molar-refractivity contribution in [1.82, 2.24) is 19.7 Å². The van der Waals surface area contributed by atoms with Crippen LogP contribution in [0.2, 0.25) is 0 Å². The van der Waals surface area contributed by atoms with Crippen molar-refractivity contribution in [2.24, 2.45) is 0 Å². The number of methoxy groups -OCH3 is 1. The molecule has 0 radical (unpaired) electrons. The Bertz CT molecular complexity index is 1500. The molecule has 3 aromatic rings. The first-order valence-corrected chi connectivity index (χ1v) is 14.4. The fourth-order valence-corrected chi connectivity index (χ4v) is 5.65. The van der Waals surface area contributed by atoms with Gasteiger partial charge < -0.3 is 34.7 Å². The molecule has 6 atom stereocenters. The minimum Gasteiger partial charge on any atom is -0.461 e. The molecule has 4 rings (SSSR count). The van der Waals surface area contributed by atoms with Crippen molar-refractivity contribution in [1.29, 1.82) is 5.26 Å². The molecule has 16 heteroatoms. The lowest BCUT2D eigenvalue weighted by molar-refractivity contribution is -0.153. The van der Waals surface area contributed by atoms with Crippen molar-refractivity contribution in [3.05, 3.63) is 54.5 Å². The van der Waals surface area contributed by atoms with Gasteiger partial charge >= 0.3 is 13.7 Å². The molecule has 1 fully saturated rings. The van der Waals surface area contributed by atoms with E-state index in [0.717, 1.165) is 0 Å². The Hall–Kier alpha value is -3.61. The Morgan fingerprint density at radius 3 is 2.69 bits per heavy atom. The van der Waals surface area contributed by atoms with Crippen LogP contribution in [0.4, 0.5) is 5.82 Å². The van der Waals surface area contributed by atoms with E-state index in [9.17, 15) is 24.8 Å². The molecule has 5 N–H and O–H groups in total. The molecule has 1 aliphatic rings. The lowest BCUT2D eigenvalue weighted by atomic mass is 9.92. The lowest BCUT2D eigenvalue weighted by Crippen LogP contribution is -2.41. The number of carbonyl (C=O) groups is 1. The molecule has 1 unspecified atom stereocenters. The molecule has 1 aromatic carbocycles. The number of benzene rings is 1. The highest BCUT2D eigenvalue weighted by Gasteiger charge is 2.58. The number of hydrogen-bond acceptors (Lipinski definition) is 13. The van der Waals surface area contributed by atoms with Crippen LogP contribution in [-0.4, -0.2) is 81.1 Å². The van der Waals surface area contributed by atoms with E-state index in [2.05, 4.69) is 15.2 Å². The number of nitrogens with zero attached hydrogens (tertiary/aromatic N) is 4. The van der Waals surface area contributed by atoms with Gasteiger partial charge in [0.05, 0.1) is 17.9 Å². The van der Waals surface area contributed by atoms with Crippen LogP contribution in [0.5, 0.6) is 5.75 Å². The predicted octanol–water partition coefficient (Wildman–Crippen LogP) is 1.30. The van der Waals surface area contributed by atoms with Crippen LogP contribution >= 0.6 is 7.75 Å². The van der Waals surface area contributed by atoms with Crippen molar-refractivity contribution in [3.63, 3.8) is 0 Å². The van der Waals surface area contributed by atoms with Gasteiger partial charge in [-0.25, -0.2) is 14.1 Å². The van der Waals surface area contributed by atoms with Crippen LogP contribution in [0, 0.1) is 11.3 Å². The van der Waals surface area contributed by atoms with Crippen molar-refractivity contribution < 1.29 is 42.8 Å². The number of nitriles is 1. The third-order valence-corrected chi connectivity index (χ3v) is 8.33. The SMILES string of the molecule is COC(C)(C)COC(=O)[C@H](C)NP(=O)(OC[C@H]1O[C@@](C#N)(c2ccc3c(N)ncnn23)[C@H](O)[C@@H]1O)Oc1ccccc1. The monoisotopic (exact) mass is 604 g/mol. The zero-order valence-corrected chi connectivity index (χ0v) is 24.3. The number of para-hydroxylation sites is 1. The van der Waals surface area contributed by atoms with E-state index in [-0.39, 0.29) is 23.9 Å². The Morgan fingerprint density at radius 1 is 1.31 bits per heavy atom. The number of hydrogen-bond donors (Lipinski definition) is 4. The second-order valence-electron chi connectivity index (χ2n) is 10.2. The highest BCUT2D eigenvalue weighted by molar-refractivity contribution is 7.52. The van der Waals surface area contributed by atoms with E-state index < -0.39 is 55.9 Å². The van der Waals surface area contributed by atoms with E-state index in [1.165, 1.54) is 49.1 Å². The predicted molar refractivity (Wildman–Crippen MR) is 147 cm³/mol. The van der Waals surface area contributed by atoms with Gasteiger partial charge in [0.1, 0.15) is 54.6 Å². The van der Waals surface area contributed by atoms with Gasteiger partial charge in [-0.1, -0.05) is 18.2 Å². The highest BCUT2D eigenvalue weighted by atomic mass is 31.2. The van der Waals surface area contributed by atoms with Gasteiger partial charge in [-0.15, -0.1) is 0 Å². The summed E-state index contributed by atoms with van der Waals surface area (Å²) in [5.74, 6) is -0.468. The van der Waals surface area contributed by atoms with Gasteiger partial charge in [0.25, 0.3) is 0 Å². The number of carbonyl (C=O) groups excluding carboxylic acids is 1. The summed E-state index contributed by atoms with van der Waals surface area (Å²) in [7, 11) is -2.88. The van der Waals surface area contributed by atoms with Gasteiger partial charge in [-0.05, 0) is 45.0 Å². The number of esters is 1. The summed E-state index contributed by atoms with van der Waals surface area (Å²) >= 11 is 0. The number of rotatable bonds is 12. The van der Waals surface area contributed by atoms with Gasteiger partial charge in [0.15, 0.2) is 5.82 Å². The summed E-state index contributed by atoms with van der Waals surface area (Å²) in [6.45, 7) is 4.18. The largest absolute Gasteiger partial charge is 0.461 e. The summed E-state index contributed by atoms with van der Waals surface area (Å²) in [6.07, 6.45) is -3.60. The van der Waals surface area contributed by atoms with E-state index in [0.29, 0.717) is 5.52 Å². The summed E-state index contributed by atoms with van der Waals surface area (Å²) < 4.78 is 42.8. The van der Waals surface area contributed by atoms with Crippen LogP contribution in [0.1, 0.15) is 26.5 Å². The molecule has 0 saturated carbocycles. The molecule has 0 spiro atoms. The molecule has 0 aliphatic carbocycles. The van der Waals surface area contributed by atoms with Crippen LogP contribution in [0.15, 0.2) is 48.8 Å². The molecular formula is C26H33N6O9P. The van der Waals surface area contributed by atoms with Crippen LogP contribution in [-0.2, 0) is 33.7 Å². The molecule has 0 amide bonds. The van der Waals surface area contributed by atoms with Gasteiger partial charge in [-0.3, -0.25) is 9.32 Å². The minimum absolute atomic E-state index is 0.0692. The number of aliphatic hydroxyl groups excluding tert-OH is 2. The normalized spacial score (nSPS) is 24.5. The van der Waals surface area contributed by atoms with Crippen LogP contribution in [0.25, 0.3) is 5.52 Å². The molecular weight excluding hydrogens is 571 g/mol. The smallest absolute Gasteiger partial charge is 0.459 e. The Labute approximate surface area is 241 Å². The Balaban J connectivity index is 1.54. The minimum atomic E-state index is -4.36. The van der Waals surface area contributed by atoms with Crippen molar-refractivity contribution in [3.8, 4) is 11.8 Å². The number of nitrogens with two attached hydrogens (primary N) is 1. The molecule has 2 aromatic heterocycles. The fourth-order valence-electron chi connectivity index (χ4n) is 4.15. The summed E-state index contributed by atoms with van der Waals surface area (Å²) in [6, 6.07) is 11.8. The number of ether oxygens (including phenoxy) is 3. The van der Waals surface area contributed by atoms with E-state index in [4.69, 9.17) is 29.0 Å². The second kappa shape index (κ2) is 12.3. The second-order valence-corrected chi connectivity index (χ2v) is 11.9. The van der Waals surface area contributed by atoms with Gasteiger partial charge in [-0.2, -0.15) is 15.4 Å². The van der Waals surface area contributed by atoms with E-state index in [1.807, 2.05) is 6.07 Å². The topological polar surface area (TPSA) is 213 Å². The zero-order valence-electron chi connectivity index (χ0n) is 23.4. The van der Waals surface area contributed by atoms with E-state index >= 15 is 0 Å². The summed E-state index contributed by atoms with van der Waals surface area (Å²) in [5.41, 5.74) is 3.49. The molecule has 15 nitrogen and oxygen atoms in total. The molecule has 1 saturated heterocycles. The average molecular weight is 605 g/mol. The number of nitrogens with one attached hydrogen (secondary N) is 1. The third-order valence-electron chi connectivity index (χ3n) is 6.68. The summed E-state index contributed by atoms with van der Waals surface area (Å²) in [4.78, 5) is 16.5. The Morgan fingerprint density at radius 2 is 2.02 bits per heavy atom. The standard InChI is InChI=1S/C26H33N6O9P/c1-16(24(35)38-14-25(2,3)37-4)31-42(36,41-17-8-6-5-7-9-17)39-12-19-21(33)22(34)26(13-27,40-19)20-11-10-18-23(28)29-15-30-32(18)20/h5-11,15-16,19,21-22,33-34H,12,14H2,1-4H3,(H,31,36)(H2,28,29,30)/t16-,19+,21+,22+,26-,42?/m0/s1. The Kier molecular flexibility index (Phi) is 9.19.